The Kier molecular flexibility index (Phi) is 3.90. The van der Waals surface area contributed by atoms with Gasteiger partial charge in [-0.1, -0.05) is 6.58 Å². The molecule has 0 N–H and O–H groups in total. The highest BCUT2D eigenvalue weighted by molar-refractivity contribution is 7.48. The number of cyclic esters (lactones) is 2. The average Bonchev–Trinajstić information content (AvgIpc) is 2.92. The van der Waals surface area contributed by atoms with Crippen molar-refractivity contribution in [3.8, 4) is 0 Å². The largest absolute Gasteiger partial charge is 0.529 e. The molecule has 0 aromatic carbocycles. The maximum absolute atomic E-state index is 11.5. The van der Waals surface area contributed by atoms with Gasteiger partial charge >= 0.3 is 14.0 Å². The zero-order valence-corrected chi connectivity index (χ0v) is 10.1. The number of carbonyl (C=O) groups excluding carboxylic acids is 1. The van der Waals surface area contributed by atoms with Crippen LogP contribution in [0.3, 0.4) is 0 Å². The van der Waals surface area contributed by atoms with E-state index in [-0.39, 0.29) is 13.2 Å². The van der Waals surface area contributed by atoms with Crippen LogP contribution in [0.5, 0.6) is 0 Å². The molecule has 0 spiro atoms. The summed E-state index contributed by atoms with van der Waals surface area (Å²) in [5.41, 5.74) is 0. The van der Waals surface area contributed by atoms with Gasteiger partial charge in [-0.05, 0) is 6.08 Å². The summed E-state index contributed by atoms with van der Waals surface area (Å²) in [6.07, 6.45) is 0.870. The molecule has 2 heterocycles. The minimum absolute atomic E-state index is 0.207. The predicted molar refractivity (Wildman–Crippen MR) is 56.2 cm³/mol. The predicted octanol–water partition coefficient (Wildman–Crippen LogP) is 1.69. The molecule has 100 valence electrons. The smallest absolute Gasteiger partial charge is 0.455 e. The van der Waals surface area contributed by atoms with E-state index in [9.17, 15) is 9.36 Å². The van der Waals surface area contributed by atoms with E-state index in [0.29, 0.717) is 0 Å². The van der Waals surface area contributed by atoms with E-state index in [0.717, 1.165) is 12.5 Å². The summed E-state index contributed by atoms with van der Waals surface area (Å²) >= 11 is 0. The molecule has 0 aliphatic carbocycles. The molecule has 9 heteroatoms. The summed E-state index contributed by atoms with van der Waals surface area (Å²) in [7, 11) is -3.49. The Morgan fingerprint density at radius 3 is 2.67 bits per heavy atom. The van der Waals surface area contributed by atoms with Gasteiger partial charge in [0.1, 0.15) is 12.5 Å². The minimum atomic E-state index is -3.49. The summed E-state index contributed by atoms with van der Waals surface area (Å²) in [6.45, 7) is 3.87. The maximum atomic E-state index is 11.5. The van der Waals surface area contributed by atoms with E-state index >= 15 is 0 Å². The molecule has 2 aliphatic rings. The van der Waals surface area contributed by atoms with Gasteiger partial charge in [0.2, 0.25) is 0 Å². The molecule has 0 amide bonds. The number of phosphoric ester groups is 1. The molecule has 0 aromatic rings. The summed E-state index contributed by atoms with van der Waals surface area (Å²) in [5.74, 6) is 0. The van der Waals surface area contributed by atoms with Gasteiger partial charge in [-0.2, -0.15) is 0 Å². The minimum Gasteiger partial charge on any atom is -0.455 e. The van der Waals surface area contributed by atoms with E-state index in [4.69, 9.17) is 23.0 Å². The third-order valence-corrected chi connectivity index (χ3v) is 3.36. The molecular weight excluding hydrogens is 267 g/mol. The number of phosphoric acid groups is 1. The molecule has 18 heavy (non-hydrogen) atoms. The van der Waals surface area contributed by atoms with Crippen LogP contribution in [-0.2, 0) is 32.3 Å². The second-order valence-corrected chi connectivity index (χ2v) is 4.80. The second kappa shape index (κ2) is 5.43. The second-order valence-electron chi connectivity index (χ2n) is 3.18. The normalized spacial score (nSPS) is 29.9. The molecule has 2 atom stereocenters. The standard InChI is InChI=1S/C9H11O8P/c1-2-7-8(17-9(10)16-7)12-3-4-13-18(11)14-5-6-15-18/h2-4,7-8H,1,5-6H2/b4-3+. The van der Waals surface area contributed by atoms with Gasteiger partial charge in [-0.15, -0.1) is 0 Å². The maximum Gasteiger partial charge on any atom is 0.529 e. The molecule has 2 saturated heterocycles. The first kappa shape index (κ1) is 12.9. The van der Waals surface area contributed by atoms with Gasteiger partial charge in [0, 0.05) is 0 Å². The zero-order valence-electron chi connectivity index (χ0n) is 9.22. The first-order valence-electron chi connectivity index (χ1n) is 5.01. The molecule has 0 radical (unpaired) electrons. The third-order valence-electron chi connectivity index (χ3n) is 1.99. The van der Waals surface area contributed by atoms with Crippen molar-refractivity contribution in [1.29, 1.82) is 0 Å². The van der Waals surface area contributed by atoms with Gasteiger partial charge in [0.25, 0.3) is 6.29 Å². The number of ether oxygens (including phenoxy) is 3. The Balaban J connectivity index is 1.78. The van der Waals surface area contributed by atoms with Gasteiger partial charge in [-0.3, -0.25) is 9.05 Å². The highest BCUT2D eigenvalue weighted by Crippen LogP contribution is 2.52. The van der Waals surface area contributed by atoms with Crippen molar-refractivity contribution in [2.75, 3.05) is 13.2 Å². The van der Waals surface area contributed by atoms with Crippen molar-refractivity contribution in [2.24, 2.45) is 0 Å². The van der Waals surface area contributed by atoms with Gasteiger partial charge < -0.3 is 18.7 Å². The fraction of sp³-hybridized carbons (Fsp3) is 0.444. The summed E-state index contributed by atoms with van der Waals surface area (Å²) in [4.78, 5) is 10.8. The lowest BCUT2D eigenvalue weighted by Gasteiger charge is -2.11. The van der Waals surface area contributed by atoms with Crippen LogP contribution < -0.4 is 0 Å². The average molecular weight is 278 g/mol. The summed E-state index contributed by atoms with van der Waals surface area (Å²) < 4.78 is 40.1. The summed E-state index contributed by atoms with van der Waals surface area (Å²) in [6, 6.07) is 0. The van der Waals surface area contributed by atoms with Crippen molar-refractivity contribution >= 4 is 14.0 Å². The monoisotopic (exact) mass is 278 g/mol. The first-order valence-corrected chi connectivity index (χ1v) is 6.47. The molecule has 0 aromatic heterocycles. The zero-order chi connectivity index (χ0) is 13.0. The Morgan fingerprint density at radius 2 is 2.00 bits per heavy atom. The number of carbonyl (C=O) groups is 1. The van der Waals surface area contributed by atoms with Crippen LogP contribution in [0.15, 0.2) is 25.2 Å². The van der Waals surface area contributed by atoms with E-state index in [2.05, 4.69) is 11.3 Å². The number of hydrogen-bond donors (Lipinski definition) is 0. The van der Waals surface area contributed by atoms with Gasteiger partial charge in [0.05, 0.1) is 13.2 Å². The van der Waals surface area contributed by atoms with Crippen LogP contribution in [0.2, 0.25) is 0 Å². The Labute approximate surface area is 103 Å². The Morgan fingerprint density at radius 1 is 1.28 bits per heavy atom. The van der Waals surface area contributed by atoms with Crippen molar-refractivity contribution in [1.82, 2.24) is 0 Å². The molecule has 8 nitrogen and oxygen atoms in total. The van der Waals surface area contributed by atoms with E-state index in [1.807, 2.05) is 0 Å². The topological polar surface area (TPSA) is 89.5 Å². The first-order chi connectivity index (χ1) is 8.63. The van der Waals surface area contributed by atoms with Crippen molar-refractivity contribution in [2.45, 2.75) is 12.4 Å². The van der Waals surface area contributed by atoms with Crippen LogP contribution in [0, 0.1) is 0 Å². The Hall–Kier alpha value is -1.50. The van der Waals surface area contributed by atoms with Crippen LogP contribution in [-0.4, -0.2) is 31.8 Å². The number of rotatable bonds is 5. The quantitative estimate of drug-likeness (QED) is 0.325. The van der Waals surface area contributed by atoms with Crippen molar-refractivity contribution in [3.05, 3.63) is 25.2 Å². The SMILES string of the molecule is C=CC1OC(=O)OC1O/C=C/OP1(=O)OCCO1. The lowest BCUT2D eigenvalue weighted by molar-refractivity contribution is -0.0449. The van der Waals surface area contributed by atoms with Crippen LogP contribution >= 0.6 is 7.82 Å². The fourth-order valence-corrected chi connectivity index (χ4v) is 2.22. The van der Waals surface area contributed by atoms with Crippen LogP contribution in [0.4, 0.5) is 4.79 Å². The molecule has 0 saturated carbocycles. The molecule has 2 rings (SSSR count). The van der Waals surface area contributed by atoms with E-state index in [1.54, 1.807) is 0 Å². The third kappa shape index (κ3) is 3.04. The Bertz CT molecular complexity index is 395. The van der Waals surface area contributed by atoms with E-state index < -0.39 is 26.4 Å². The molecular formula is C9H11O8P. The molecule has 2 unspecified atom stereocenters. The highest BCUT2D eigenvalue weighted by Gasteiger charge is 2.36. The lowest BCUT2D eigenvalue weighted by atomic mass is 10.3. The highest BCUT2D eigenvalue weighted by atomic mass is 31.2. The fourth-order valence-electron chi connectivity index (χ4n) is 1.23. The van der Waals surface area contributed by atoms with Crippen molar-refractivity contribution in [3.63, 3.8) is 0 Å². The van der Waals surface area contributed by atoms with Gasteiger partial charge in [-0.25, -0.2) is 9.36 Å². The number of hydrogen-bond acceptors (Lipinski definition) is 8. The van der Waals surface area contributed by atoms with Crippen molar-refractivity contribution < 1.29 is 37.1 Å². The van der Waals surface area contributed by atoms with E-state index in [1.165, 1.54) is 6.08 Å². The van der Waals surface area contributed by atoms with Gasteiger partial charge in [0.15, 0.2) is 6.10 Å². The lowest BCUT2D eigenvalue weighted by Crippen LogP contribution is -2.21. The molecule has 2 fully saturated rings. The molecule has 2 aliphatic heterocycles. The van der Waals surface area contributed by atoms with Crippen LogP contribution in [0.1, 0.15) is 0 Å². The summed E-state index contributed by atoms with van der Waals surface area (Å²) in [5, 5.41) is 0. The van der Waals surface area contributed by atoms with Crippen LogP contribution in [0.25, 0.3) is 0 Å². The molecule has 0 bridgehead atoms.